The molecule has 6 heteroatoms. The fourth-order valence-corrected chi connectivity index (χ4v) is 4.55. The van der Waals surface area contributed by atoms with E-state index in [1.54, 1.807) is 14.2 Å². The Kier molecular flexibility index (Phi) is 7.80. The van der Waals surface area contributed by atoms with Crippen LogP contribution in [0.4, 0.5) is 0 Å². The normalized spacial score (nSPS) is 15.9. The molecular formula is C28H33N3O3. The number of ether oxygens (including phenoxy) is 2. The van der Waals surface area contributed by atoms with Crippen LogP contribution in [0.1, 0.15) is 30.0 Å². The highest BCUT2D eigenvalue weighted by atomic mass is 16.5. The van der Waals surface area contributed by atoms with Crippen molar-refractivity contribution in [3.8, 4) is 22.8 Å². The van der Waals surface area contributed by atoms with Crippen molar-refractivity contribution in [2.24, 2.45) is 0 Å². The molecule has 0 spiro atoms. The Hall–Kier alpha value is -3.38. The fourth-order valence-electron chi connectivity index (χ4n) is 4.55. The first kappa shape index (κ1) is 23.8. The smallest absolute Gasteiger partial charge is 0.240 e. The molecule has 1 fully saturated rings. The van der Waals surface area contributed by atoms with E-state index in [1.807, 2.05) is 41.4 Å². The molecule has 2 aromatic carbocycles. The van der Waals surface area contributed by atoms with Gasteiger partial charge in [-0.15, -0.1) is 0 Å². The van der Waals surface area contributed by atoms with Crippen LogP contribution in [-0.4, -0.2) is 49.1 Å². The molecule has 1 saturated heterocycles. The predicted molar refractivity (Wildman–Crippen MR) is 134 cm³/mol. The lowest BCUT2D eigenvalue weighted by Crippen LogP contribution is -2.55. The van der Waals surface area contributed by atoms with Gasteiger partial charge in [0.25, 0.3) is 0 Å². The number of hydrogen-bond donors (Lipinski definition) is 1. The number of methoxy groups -OCH3 is 2. The third-order valence-electron chi connectivity index (χ3n) is 6.23. The van der Waals surface area contributed by atoms with E-state index in [0.29, 0.717) is 25.3 Å². The van der Waals surface area contributed by atoms with Crippen LogP contribution in [0.15, 0.2) is 60.8 Å². The van der Waals surface area contributed by atoms with Crippen molar-refractivity contribution < 1.29 is 14.3 Å². The standard InChI is InChI=1S/C28H33N3O3/c1-4-8-22-17-23(18-26(33-2)27(22)34-3)24-16-21(11-12-29-24)19-31-14-13-30-25(28(31)32)15-20-9-6-5-7-10-20/h5-7,9-12,16-18,25,30H,4,8,13-15,19H2,1-3H3/t25-/m0/s1. The van der Waals surface area contributed by atoms with Gasteiger partial charge < -0.3 is 19.7 Å². The average molecular weight is 460 g/mol. The summed E-state index contributed by atoms with van der Waals surface area (Å²) in [4.78, 5) is 19.7. The Labute approximate surface area is 201 Å². The molecule has 2 heterocycles. The van der Waals surface area contributed by atoms with E-state index in [9.17, 15) is 4.79 Å². The number of piperazine rings is 1. The Bertz CT molecular complexity index is 1120. The molecule has 0 unspecified atom stereocenters. The lowest BCUT2D eigenvalue weighted by molar-refractivity contribution is -0.136. The summed E-state index contributed by atoms with van der Waals surface area (Å²) >= 11 is 0. The summed E-state index contributed by atoms with van der Waals surface area (Å²) in [6.07, 6.45) is 4.41. The first-order chi connectivity index (χ1) is 16.6. The maximum absolute atomic E-state index is 13.2. The molecule has 4 rings (SSSR count). The number of nitrogens with one attached hydrogen (secondary N) is 1. The molecule has 1 amide bonds. The number of rotatable bonds is 9. The number of nitrogens with zero attached hydrogens (tertiary/aromatic N) is 2. The minimum Gasteiger partial charge on any atom is -0.493 e. The molecule has 1 aliphatic heterocycles. The molecule has 178 valence electrons. The number of hydrogen-bond acceptors (Lipinski definition) is 5. The fraction of sp³-hybridized carbons (Fsp3) is 0.357. The van der Waals surface area contributed by atoms with Crippen LogP contribution in [0, 0.1) is 0 Å². The van der Waals surface area contributed by atoms with Crippen molar-refractivity contribution >= 4 is 5.91 Å². The molecule has 0 aliphatic carbocycles. The minimum absolute atomic E-state index is 0.143. The van der Waals surface area contributed by atoms with Crippen molar-refractivity contribution in [2.45, 2.75) is 38.8 Å². The number of amides is 1. The molecule has 1 aliphatic rings. The first-order valence-corrected chi connectivity index (χ1v) is 11.9. The Balaban J connectivity index is 1.54. The number of carbonyl (C=O) groups excluding carboxylic acids is 1. The maximum atomic E-state index is 13.2. The van der Waals surface area contributed by atoms with E-state index in [0.717, 1.165) is 53.1 Å². The van der Waals surface area contributed by atoms with Gasteiger partial charge in [0.2, 0.25) is 5.91 Å². The second-order valence-corrected chi connectivity index (χ2v) is 8.63. The summed E-state index contributed by atoms with van der Waals surface area (Å²) in [5.41, 5.74) is 5.17. The van der Waals surface area contributed by atoms with Gasteiger partial charge in [0, 0.05) is 31.4 Å². The van der Waals surface area contributed by atoms with E-state index in [-0.39, 0.29) is 11.9 Å². The van der Waals surface area contributed by atoms with Crippen LogP contribution in [0.3, 0.4) is 0 Å². The molecule has 1 N–H and O–H groups in total. The van der Waals surface area contributed by atoms with E-state index >= 15 is 0 Å². The zero-order valence-electron chi connectivity index (χ0n) is 20.2. The van der Waals surface area contributed by atoms with Gasteiger partial charge in [-0.2, -0.15) is 0 Å². The van der Waals surface area contributed by atoms with Crippen LogP contribution >= 0.6 is 0 Å². The molecule has 1 atom stereocenters. The number of benzene rings is 2. The number of aryl methyl sites for hydroxylation is 1. The summed E-state index contributed by atoms with van der Waals surface area (Å²) in [5.74, 6) is 1.63. The minimum atomic E-state index is -0.195. The van der Waals surface area contributed by atoms with E-state index < -0.39 is 0 Å². The highest BCUT2D eigenvalue weighted by molar-refractivity contribution is 5.83. The van der Waals surface area contributed by atoms with E-state index in [1.165, 1.54) is 0 Å². The van der Waals surface area contributed by atoms with Crippen molar-refractivity contribution in [2.75, 3.05) is 27.3 Å². The highest BCUT2D eigenvalue weighted by Gasteiger charge is 2.28. The molecule has 0 saturated carbocycles. The number of pyridine rings is 1. The van der Waals surface area contributed by atoms with E-state index in [2.05, 4.69) is 41.5 Å². The van der Waals surface area contributed by atoms with Crippen LogP contribution in [0.2, 0.25) is 0 Å². The molecule has 0 radical (unpaired) electrons. The largest absolute Gasteiger partial charge is 0.493 e. The van der Waals surface area contributed by atoms with Crippen molar-refractivity contribution in [3.05, 3.63) is 77.5 Å². The van der Waals surface area contributed by atoms with Crippen LogP contribution in [-0.2, 0) is 24.2 Å². The van der Waals surface area contributed by atoms with Crippen LogP contribution in [0.25, 0.3) is 11.3 Å². The van der Waals surface area contributed by atoms with Gasteiger partial charge in [0.15, 0.2) is 11.5 Å². The van der Waals surface area contributed by atoms with Gasteiger partial charge in [0.1, 0.15) is 0 Å². The zero-order valence-corrected chi connectivity index (χ0v) is 20.2. The second-order valence-electron chi connectivity index (χ2n) is 8.63. The van der Waals surface area contributed by atoms with Crippen LogP contribution in [0.5, 0.6) is 11.5 Å². The summed E-state index contributed by atoms with van der Waals surface area (Å²) in [5, 5.41) is 3.38. The van der Waals surface area contributed by atoms with Gasteiger partial charge in [-0.25, -0.2) is 0 Å². The Morgan fingerprint density at radius 3 is 2.62 bits per heavy atom. The summed E-state index contributed by atoms with van der Waals surface area (Å²) in [6, 6.07) is 18.1. The summed E-state index contributed by atoms with van der Waals surface area (Å²) < 4.78 is 11.2. The summed E-state index contributed by atoms with van der Waals surface area (Å²) in [6.45, 7) is 4.19. The highest BCUT2D eigenvalue weighted by Crippen LogP contribution is 2.36. The van der Waals surface area contributed by atoms with Crippen molar-refractivity contribution in [3.63, 3.8) is 0 Å². The van der Waals surface area contributed by atoms with Gasteiger partial charge in [-0.1, -0.05) is 43.7 Å². The Morgan fingerprint density at radius 2 is 1.88 bits per heavy atom. The zero-order chi connectivity index (χ0) is 23.9. The monoisotopic (exact) mass is 459 g/mol. The number of carbonyl (C=O) groups is 1. The third kappa shape index (κ3) is 5.39. The molecule has 1 aromatic heterocycles. The van der Waals surface area contributed by atoms with Crippen molar-refractivity contribution in [1.82, 2.24) is 15.2 Å². The predicted octanol–water partition coefficient (Wildman–Crippen LogP) is 4.26. The quantitative estimate of drug-likeness (QED) is 0.518. The van der Waals surface area contributed by atoms with Gasteiger partial charge in [-0.3, -0.25) is 9.78 Å². The first-order valence-electron chi connectivity index (χ1n) is 11.9. The Morgan fingerprint density at radius 1 is 1.06 bits per heavy atom. The third-order valence-corrected chi connectivity index (χ3v) is 6.23. The molecular weight excluding hydrogens is 426 g/mol. The van der Waals surface area contributed by atoms with Gasteiger partial charge in [-0.05, 0) is 53.8 Å². The van der Waals surface area contributed by atoms with Crippen molar-refractivity contribution in [1.29, 1.82) is 0 Å². The lowest BCUT2D eigenvalue weighted by atomic mass is 10.0. The van der Waals surface area contributed by atoms with Gasteiger partial charge in [0.05, 0.1) is 26.0 Å². The molecule has 3 aromatic rings. The maximum Gasteiger partial charge on any atom is 0.240 e. The summed E-state index contributed by atoms with van der Waals surface area (Å²) in [7, 11) is 3.33. The SMILES string of the molecule is CCCc1cc(-c2cc(CN3CCN[C@@H](Cc4ccccc4)C3=O)ccn2)cc(OC)c1OC. The topological polar surface area (TPSA) is 63.7 Å². The van der Waals surface area contributed by atoms with Crippen LogP contribution < -0.4 is 14.8 Å². The van der Waals surface area contributed by atoms with Gasteiger partial charge >= 0.3 is 0 Å². The number of aromatic nitrogens is 1. The lowest BCUT2D eigenvalue weighted by Gasteiger charge is -2.33. The second kappa shape index (κ2) is 11.2. The average Bonchev–Trinajstić information content (AvgIpc) is 2.87. The molecule has 6 nitrogen and oxygen atoms in total. The molecule has 0 bridgehead atoms. The van der Waals surface area contributed by atoms with E-state index in [4.69, 9.17) is 9.47 Å². The molecule has 34 heavy (non-hydrogen) atoms.